The normalized spacial score (nSPS) is 10.7. The summed E-state index contributed by atoms with van der Waals surface area (Å²) in [5, 5.41) is 3.31. The fourth-order valence-electron chi connectivity index (χ4n) is 1.75. The minimum Gasteiger partial charge on any atom is -0.489 e. The summed E-state index contributed by atoms with van der Waals surface area (Å²) in [7, 11) is 0. The highest BCUT2D eigenvalue weighted by Crippen LogP contribution is 2.35. The van der Waals surface area contributed by atoms with Crippen LogP contribution in [0.5, 0.6) is 5.75 Å². The molecule has 2 aromatic carbocycles. The van der Waals surface area contributed by atoms with E-state index in [9.17, 15) is 0 Å². The molecule has 0 aliphatic rings. The summed E-state index contributed by atoms with van der Waals surface area (Å²) in [4.78, 5) is 0. The van der Waals surface area contributed by atoms with Gasteiger partial charge in [0, 0.05) is 8.95 Å². The first-order chi connectivity index (χ1) is 9.47. The fraction of sp³-hybridized carbons (Fsp3) is 0.200. The summed E-state index contributed by atoms with van der Waals surface area (Å²) < 4.78 is 7.66. The number of hydrogen-bond acceptors (Lipinski definition) is 3. The van der Waals surface area contributed by atoms with E-state index in [1.54, 1.807) is 0 Å². The molecule has 0 saturated heterocycles. The van der Waals surface area contributed by atoms with E-state index in [-0.39, 0.29) is 6.10 Å². The van der Waals surface area contributed by atoms with Gasteiger partial charge in [0.05, 0.1) is 23.2 Å². The highest BCUT2D eigenvalue weighted by atomic mass is 79.9. The lowest BCUT2D eigenvalue weighted by molar-refractivity contribution is 0.244. The van der Waals surface area contributed by atoms with Crippen LogP contribution in [0, 0.1) is 0 Å². The van der Waals surface area contributed by atoms with Crippen molar-refractivity contribution in [2.75, 3.05) is 11.1 Å². The summed E-state index contributed by atoms with van der Waals surface area (Å²) >= 11 is 6.96. The van der Waals surface area contributed by atoms with Crippen LogP contribution in [0.3, 0.4) is 0 Å². The van der Waals surface area contributed by atoms with Crippen molar-refractivity contribution in [3.8, 4) is 5.75 Å². The number of benzene rings is 2. The zero-order chi connectivity index (χ0) is 14.7. The number of para-hydroxylation sites is 1. The second-order valence-electron chi connectivity index (χ2n) is 4.63. The van der Waals surface area contributed by atoms with Crippen LogP contribution in [0.2, 0.25) is 0 Å². The van der Waals surface area contributed by atoms with Crippen molar-refractivity contribution in [1.29, 1.82) is 0 Å². The van der Waals surface area contributed by atoms with Gasteiger partial charge in [-0.05, 0) is 60.1 Å². The number of ether oxygens (including phenoxy) is 1. The Bertz CT molecular complexity index is 615. The van der Waals surface area contributed by atoms with E-state index in [0.29, 0.717) is 11.4 Å². The number of hydrogen-bond donors (Lipinski definition) is 2. The molecule has 0 spiro atoms. The molecule has 3 nitrogen and oxygen atoms in total. The second-order valence-corrected chi connectivity index (χ2v) is 6.40. The number of nitrogens with one attached hydrogen (secondary N) is 1. The predicted octanol–water partition coefficient (Wildman–Crippen LogP) is 5.32. The van der Waals surface area contributed by atoms with E-state index in [0.717, 1.165) is 20.3 Å². The molecule has 5 heteroatoms. The van der Waals surface area contributed by atoms with Gasteiger partial charge in [-0.25, -0.2) is 0 Å². The van der Waals surface area contributed by atoms with Crippen LogP contribution in [0.15, 0.2) is 45.3 Å². The van der Waals surface area contributed by atoms with Crippen LogP contribution in [0.4, 0.5) is 17.1 Å². The molecule has 0 aromatic heterocycles. The van der Waals surface area contributed by atoms with Crippen LogP contribution >= 0.6 is 31.9 Å². The third-order valence-corrected chi connectivity index (χ3v) is 3.78. The van der Waals surface area contributed by atoms with Gasteiger partial charge in [0.15, 0.2) is 0 Å². The van der Waals surface area contributed by atoms with E-state index in [1.807, 2.05) is 50.2 Å². The smallest absolute Gasteiger partial charge is 0.144 e. The van der Waals surface area contributed by atoms with E-state index in [1.165, 1.54) is 0 Å². The Kier molecular flexibility index (Phi) is 4.94. The molecule has 0 amide bonds. The zero-order valence-electron chi connectivity index (χ0n) is 11.3. The van der Waals surface area contributed by atoms with Gasteiger partial charge in [-0.1, -0.05) is 22.0 Å². The first-order valence-electron chi connectivity index (χ1n) is 6.24. The summed E-state index contributed by atoms with van der Waals surface area (Å²) in [6.07, 6.45) is 0.0898. The lowest BCUT2D eigenvalue weighted by Gasteiger charge is -2.16. The highest BCUT2D eigenvalue weighted by molar-refractivity contribution is 9.11. The molecule has 0 aliphatic carbocycles. The maximum absolute atomic E-state index is 6.15. The topological polar surface area (TPSA) is 47.3 Å². The quantitative estimate of drug-likeness (QED) is 0.683. The molecule has 106 valence electrons. The maximum Gasteiger partial charge on any atom is 0.144 e. The number of nitrogens with two attached hydrogens (primary N) is 1. The van der Waals surface area contributed by atoms with Crippen LogP contribution < -0.4 is 15.8 Å². The molecule has 20 heavy (non-hydrogen) atoms. The largest absolute Gasteiger partial charge is 0.489 e. The molecule has 0 heterocycles. The second kappa shape index (κ2) is 6.50. The molecule has 2 rings (SSSR count). The third-order valence-electron chi connectivity index (χ3n) is 2.63. The Morgan fingerprint density at radius 3 is 2.50 bits per heavy atom. The third kappa shape index (κ3) is 3.67. The first kappa shape index (κ1) is 15.2. The Labute approximate surface area is 135 Å². The maximum atomic E-state index is 6.15. The molecule has 0 saturated carbocycles. The van der Waals surface area contributed by atoms with Gasteiger partial charge in [-0.15, -0.1) is 0 Å². The van der Waals surface area contributed by atoms with Crippen LogP contribution in [-0.2, 0) is 0 Å². The minimum atomic E-state index is 0.0898. The molecule has 0 bridgehead atoms. The van der Waals surface area contributed by atoms with Crippen molar-refractivity contribution in [2.45, 2.75) is 20.0 Å². The summed E-state index contributed by atoms with van der Waals surface area (Å²) in [5.74, 6) is 0.693. The highest BCUT2D eigenvalue weighted by Gasteiger charge is 2.09. The van der Waals surface area contributed by atoms with Gasteiger partial charge in [0.1, 0.15) is 5.75 Å². The molecule has 0 atom stereocenters. The van der Waals surface area contributed by atoms with Crippen molar-refractivity contribution in [2.24, 2.45) is 0 Å². The number of rotatable bonds is 4. The Morgan fingerprint density at radius 2 is 1.85 bits per heavy atom. The Morgan fingerprint density at radius 1 is 1.10 bits per heavy atom. The average Bonchev–Trinajstić information content (AvgIpc) is 2.36. The van der Waals surface area contributed by atoms with E-state index >= 15 is 0 Å². The van der Waals surface area contributed by atoms with E-state index < -0.39 is 0 Å². The van der Waals surface area contributed by atoms with Gasteiger partial charge >= 0.3 is 0 Å². The molecule has 3 N–H and O–H groups in total. The van der Waals surface area contributed by atoms with E-state index in [2.05, 4.69) is 37.2 Å². The Balaban J connectivity index is 2.29. The molecule has 0 radical (unpaired) electrons. The number of nitrogen functional groups attached to an aromatic ring is 1. The number of halogens is 2. The molecular formula is C15H16Br2N2O. The molecule has 2 aromatic rings. The summed E-state index contributed by atoms with van der Waals surface area (Å²) in [6.45, 7) is 3.95. The summed E-state index contributed by atoms with van der Waals surface area (Å²) in [5.41, 5.74) is 8.53. The lowest BCUT2D eigenvalue weighted by Crippen LogP contribution is -2.08. The van der Waals surface area contributed by atoms with Gasteiger partial charge < -0.3 is 15.8 Å². The van der Waals surface area contributed by atoms with E-state index in [4.69, 9.17) is 10.5 Å². The molecule has 0 aliphatic heterocycles. The standard InChI is InChI=1S/C15H16Br2N2O/c1-9(2)20-14-5-3-4-13(15(14)18)19-12-7-6-10(16)8-11(12)17/h3-9,19H,18H2,1-2H3. The SMILES string of the molecule is CC(C)Oc1cccc(Nc2ccc(Br)cc2Br)c1N. The predicted molar refractivity (Wildman–Crippen MR) is 91.7 cm³/mol. The molecule has 0 unspecified atom stereocenters. The van der Waals surface area contributed by atoms with Crippen molar-refractivity contribution >= 4 is 48.9 Å². The van der Waals surface area contributed by atoms with Crippen molar-refractivity contribution in [3.05, 3.63) is 45.3 Å². The van der Waals surface area contributed by atoms with Crippen LogP contribution in [0.25, 0.3) is 0 Å². The van der Waals surface area contributed by atoms with Crippen LogP contribution in [-0.4, -0.2) is 6.10 Å². The first-order valence-corrected chi connectivity index (χ1v) is 7.83. The van der Waals surface area contributed by atoms with Crippen LogP contribution in [0.1, 0.15) is 13.8 Å². The monoisotopic (exact) mass is 398 g/mol. The van der Waals surface area contributed by atoms with Gasteiger partial charge in [0.25, 0.3) is 0 Å². The van der Waals surface area contributed by atoms with Gasteiger partial charge in [-0.2, -0.15) is 0 Å². The number of anilines is 3. The van der Waals surface area contributed by atoms with Gasteiger partial charge in [0.2, 0.25) is 0 Å². The van der Waals surface area contributed by atoms with Crippen molar-refractivity contribution < 1.29 is 4.74 Å². The molecular weight excluding hydrogens is 384 g/mol. The summed E-state index contributed by atoms with van der Waals surface area (Å²) in [6, 6.07) is 11.6. The van der Waals surface area contributed by atoms with Crippen molar-refractivity contribution in [3.63, 3.8) is 0 Å². The van der Waals surface area contributed by atoms with Gasteiger partial charge in [-0.3, -0.25) is 0 Å². The fourth-order valence-corrected chi connectivity index (χ4v) is 2.89. The Hall–Kier alpha value is -1.20. The average molecular weight is 400 g/mol. The lowest BCUT2D eigenvalue weighted by atomic mass is 10.2. The van der Waals surface area contributed by atoms with Crippen molar-refractivity contribution in [1.82, 2.24) is 0 Å². The molecule has 0 fully saturated rings. The zero-order valence-corrected chi connectivity index (χ0v) is 14.5. The minimum absolute atomic E-state index is 0.0898.